The summed E-state index contributed by atoms with van der Waals surface area (Å²) in [6.07, 6.45) is -0.573. The Bertz CT molecular complexity index is 640. The van der Waals surface area contributed by atoms with Crippen LogP contribution in [0.5, 0.6) is 11.5 Å². The lowest BCUT2D eigenvalue weighted by atomic mass is 10.1. The summed E-state index contributed by atoms with van der Waals surface area (Å²) in [6, 6.07) is 15.2. The van der Waals surface area contributed by atoms with E-state index in [1.807, 2.05) is 43.3 Å². The van der Waals surface area contributed by atoms with Crippen molar-refractivity contribution in [1.82, 2.24) is 5.32 Å². The summed E-state index contributed by atoms with van der Waals surface area (Å²) in [4.78, 5) is 12.1. The highest BCUT2D eigenvalue weighted by Crippen LogP contribution is 2.20. The Morgan fingerprint density at radius 3 is 2.59 bits per heavy atom. The van der Waals surface area contributed by atoms with Crippen molar-refractivity contribution in [3.63, 3.8) is 0 Å². The van der Waals surface area contributed by atoms with E-state index in [1.54, 1.807) is 26.2 Å². The Kier molecular flexibility index (Phi) is 5.42. The fraction of sp³-hybridized carbons (Fsp3) is 0.278. The third-order valence-corrected chi connectivity index (χ3v) is 3.44. The molecule has 0 saturated heterocycles. The van der Waals surface area contributed by atoms with Crippen LogP contribution >= 0.6 is 0 Å². The Hall–Kier alpha value is -2.49. The van der Waals surface area contributed by atoms with Crippen LogP contribution in [0.2, 0.25) is 0 Å². The van der Waals surface area contributed by atoms with E-state index >= 15 is 0 Å². The molecule has 1 unspecified atom stereocenters. The molecule has 1 atom stereocenters. The summed E-state index contributed by atoms with van der Waals surface area (Å²) in [7, 11) is 1.59. The van der Waals surface area contributed by atoms with Crippen molar-refractivity contribution in [1.29, 1.82) is 0 Å². The quantitative estimate of drug-likeness (QED) is 0.891. The van der Waals surface area contributed by atoms with Gasteiger partial charge in [0.05, 0.1) is 7.11 Å². The molecule has 22 heavy (non-hydrogen) atoms. The minimum Gasteiger partial charge on any atom is -0.497 e. The second-order valence-electron chi connectivity index (χ2n) is 5.08. The van der Waals surface area contributed by atoms with E-state index < -0.39 is 6.10 Å². The third kappa shape index (κ3) is 4.25. The number of carbonyl (C=O) groups is 1. The molecular formula is C18H21NO3. The number of ether oxygens (including phenoxy) is 2. The first-order valence-corrected chi connectivity index (χ1v) is 7.23. The molecule has 4 heteroatoms. The fourth-order valence-corrected chi connectivity index (χ4v) is 2.07. The van der Waals surface area contributed by atoms with Gasteiger partial charge in [-0.25, -0.2) is 0 Å². The van der Waals surface area contributed by atoms with Crippen molar-refractivity contribution in [2.24, 2.45) is 0 Å². The number of amides is 1. The van der Waals surface area contributed by atoms with Crippen molar-refractivity contribution in [3.8, 4) is 11.5 Å². The molecule has 0 fully saturated rings. The van der Waals surface area contributed by atoms with Crippen molar-refractivity contribution in [3.05, 3.63) is 59.7 Å². The van der Waals surface area contributed by atoms with Crippen molar-refractivity contribution in [2.45, 2.75) is 26.5 Å². The average Bonchev–Trinajstić information content (AvgIpc) is 2.54. The first kappa shape index (κ1) is 15.9. The van der Waals surface area contributed by atoms with Gasteiger partial charge in [0.2, 0.25) is 0 Å². The van der Waals surface area contributed by atoms with Crippen molar-refractivity contribution >= 4 is 5.91 Å². The van der Waals surface area contributed by atoms with E-state index in [9.17, 15) is 4.79 Å². The number of carbonyl (C=O) groups excluding carboxylic acids is 1. The molecular weight excluding hydrogens is 278 g/mol. The molecule has 1 amide bonds. The van der Waals surface area contributed by atoms with Crippen LogP contribution in [0.1, 0.15) is 18.1 Å². The number of hydrogen-bond donors (Lipinski definition) is 1. The molecule has 0 bridgehead atoms. The summed E-state index contributed by atoms with van der Waals surface area (Å²) in [5, 5.41) is 2.89. The maximum atomic E-state index is 12.1. The number of aryl methyl sites for hydroxylation is 1. The predicted octanol–water partition coefficient (Wildman–Crippen LogP) is 3.09. The van der Waals surface area contributed by atoms with Crippen molar-refractivity contribution in [2.75, 3.05) is 7.11 Å². The molecule has 2 rings (SSSR count). The monoisotopic (exact) mass is 299 g/mol. The molecule has 0 aromatic heterocycles. The molecule has 1 N–H and O–H groups in total. The normalized spacial score (nSPS) is 11.6. The van der Waals surface area contributed by atoms with Gasteiger partial charge in [0, 0.05) is 12.6 Å². The van der Waals surface area contributed by atoms with Crippen LogP contribution in [0.15, 0.2) is 48.5 Å². The van der Waals surface area contributed by atoms with E-state index in [0.717, 1.165) is 11.1 Å². The molecule has 0 aliphatic carbocycles. The fourth-order valence-electron chi connectivity index (χ4n) is 2.07. The van der Waals surface area contributed by atoms with Gasteiger partial charge >= 0.3 is 0 Å². The Morgan fingerprint density at radius 1 is 1.14 bits per heavy atom. The minimum atomic E-state index is -0.573. The van der Waals surface area contributed by atoms with Crippen LogP contribution in [0, 0.1) is 6.92 Å². The van der Waals surface area contributed by atoms with Crippen LogP contribution in [0.3, 0.4) is 0 Å². The van der Waals surface area contributed by atoms with Gasteiger partial charge in [0.25, 0.3) is 5.91 Å². The topological polar surface area (TPSA) is 47.6 Å². The number of rotatable bonds is 6. The van der Waals surface area contributed by atoms with Gasteiger partial charge in [-0.15, -0.1) is 0 Å². The molecule has 116 valence electrons. The Labute approximate surface area is 131 Å². The first-order chi connectivity index (χ1) is 10.6. The van der Waals surface area contributed by atoms with Gasteiger partial charge in [-0.2, -0.15) is 0 Å². The minimum absolute atomic E-state index is 0.147. The molecule has 0 radical (unpaired) electrons. The summed E-state index contributed by atoms with van der Waals surface area (Å²) in [5.74, 6) is 1.16. The summed E-state index contributed by atoms with van der Waals surface area (Å²) >= 11 is 0. The number of benzene rings is 2. The summed E-state index contributed by atoms with van der Waals surface area (Å²) in [5.41, 5.74) is 2.26. The van der Waals surface area contributed by atoms with Gasteiger partial charge < -0.3 is 14.8 Å². The molecule has 0 saturated carbocycles. The third-order valence-electron chi connectivity index (χ3n) is 3.44. The largest absolute Gasteiger partial charge is 0.497 e. The zero-order valence-electron chi connectivity index (χ0n) is 13.1. The molecule has 0 aliphatic heterocycles. The standard InChI is InChI=1S/C18H21NO3/c1-13-7-4-5-8-15(13)12-19-18(20)14(2)22-17-10-6-9-16(11-17)21-3/h4-11,14H,12H2,1-3H3,(H,19,20). The van der Waals surface area contributed by atoms with Gasteiger partial charge in [0.15, 0.2) is 6.10 Å². The molecule has 0 aliphatic rings. The van der Waals surface area contributed by atoms with Crippen molar-refractivity contribution < 1.29 is 14.3 Å². The lowest BCUT2D eigenvalue weighted by molar-refractivity contribution is -0.127. The summed E-state index contributed by atoms with van der Waals surface area (Å²) in [6.45, 7) is 4.25. The van der Waals surface area contributed by atoms with E-state index in [-0.39, 0.29) is 5.91 Å². The van der Waals surface area contributed by atoms with E-state index in [2.05, 4.69) is 5.32 Å². The zero-order valence-corrected chi connectivity index (χ0v) is 13.1. The molecule has 2 aromatic carbocycles. The average molecular weight is 299 g/mol. The van der Waals surface area contributed by atoms with Crippen LogP contribution in [-0.2, 0) is 11.3 Å². The number of methoxy groups -OCH3 is 1. The molecule has 4 nitrogen and oxygen atoms in total. The first-order valence-electron chi connectivity index (χ1n) is 7.23. The molecule has 0 spiro atoms. The smallest absolute Gasteiger partial charge is 0.261 e. The van der Waals surface area contributed by atoms with E-state index in [0.29, 0.717) is 18.0 Å². The Balaban J connectivity index is 1.90. The SMILES string of the molecule is COc1cccc(OC(C)C(=O)NCc2ccccc2C)c1. The second-order valence-corrected chi connectivity index (χ2v) is 5.08. The van der Waals surface area contributed by atoms with Gasteiger partial charge in [0.1, 0.15) is 11.5 Å². The predicted molar refractivity (Wildman–Crippen MR) is 86.1 cm³/mol. The second kappa shape index (κ2) is 7.50. The van der Waals surface area contributed by atoms with Crippen LogP contribution in [0.4, 0.5) is 0 Å². The lowest BCUT2D eigenvalue weighted by Gasteiger charge is -2.15. The van der Waals surface area contributed by atoms with E-state index in [4.69, 9.17) is 9.47 Å². The highest BCUT2D eigenvalue weighted by atomic mass is 16.5. The zero-order chi connectivity index (χ0) is 15.9. The maximum absolute atomic E-state index is 12.1. The number of hydrogen-bond acceptors (Lipinski definition) is 3. The summed E-state index contributed by atoms with van der Waals surface area (Å²) < 4.78 is 10.8. The highest BCUT2D eigenvalue weighted by molar-refractivity contribution is 5.80. The molecule has 2 aromatic rings. The molecule has 0 heterocycles. The van der Waals surface area contributed by atoms with Crippen LogP contribution < -0.4 is 14.8 Å². The Morgan fingerprint density at radius 2 is 1.86 bits per heavy atom. The van der Waals surface area contributed by atoms with Gasteiger partial charge in [-0.05, 0) is 37.1 Å². The number of nitrogens with one attached hydrogen (secondary N) is 1. The van der Waals surface area contributed by atoms with Crippen LogP contribution in [0.25, 0.3) is 0 Å². The van der Waals surface area contributed by atoms with E-state index in [1.165, 1.54) is 0 Å². The maximum Gasteiger partial charge on any atom is 0.261 e. The van der Waals surface area contributed by atoms with Crippen LogP contribution in [-0.4, -0.2) is 19.1 Å². The van der Waals surface area contributed by atoms with Gasteiger partial charge in [-0.3, -0.25) is 4.79 Å². The van der Waals surface area contributed by atoms with Gasteiger partial charge in [-0.1, -0.05) is 30.3 Å². The lowest BCUT2D eigenvalue weighted by Crippen LogP contribution is -2.36. The highest BCUT2D eigenvalue weighted by Gasteiger charge is 2.14.